The minimum absolute atomic E-state index is 0.0383. The van der Waals surface area contributed by atoms with E-state index in [4.69, 9.17) is 20.9 Å². The number of nitrogens with zero attached hydrogens (tertiary/aromatic N) is 5. The molecule has 3 aromatic rings. The SMILES string of the molecule is CCOc1ccccc1CNC(=O)c1nc(Cn2nc([N+](=O)[O-])c(Cl)c2C)no1. The van der Waals surface area contributed by atoms with E-state index in [1.54, 1.807) is 6.92 Å². The van der Waals surface area contributed by atoms with Crippen molar-refractivity contribution in [3.63, 3.8) is 0 Å². The zero-order valence-corrected chi connectivity index (χ0v) is 16.3. The van der Waals surface area contributed by atoms with Gasteiger partial charge in [-0.05, 0) is 24.8 Å². The van der Waals surface area contributed by atoms with E-state index in [-0.39, 0.29) is 29.8 Å². The predicted molar refractivity (Wildman–Crippen MR) is 101 cm³/mol. The maximum atomic E-state index is 12.3. The lowest BCUT2D eigenvalue weighted by molar-refractivity contribution is -0.389. The Kier molecular flexibility index (Phi) is 6.07. The van der Waals surface area contributed by atoms with Gasteiger partial charge in [-0.25, -0.2) is 0 Å². The van der Waals surface area contributed by atoms with Gasteiger partial charge in [-0.1, -0.05) is 35.0 Å². The number of benzene rings is 1. The van der Waals surface area contributed by atoms with Gasteiger partial charge in [0, 0.05) is 12.1 Å². The highest BCUT2D eigenvalue weighted by Gasteiger charge is 2.25. The van der Waals surface area contributed by atoms with Gasteiger partial charge in [-0.2, -0.15) is 9.67 Å². The smallest absolute Gasteiger partial charge is 0.408 e. The molecule has 11 nitrogen and oxygen atoms in total. The van der Waals surface area contributed by atoms with Gasteiger partial charge in [0.2, 0.25) is 0 Å². The molecule has 29 heavy (non-hydrogen) atoms. The highest BCUT2D eigenvalue weighted by molar-refractivity contribution is 6.33. The van der Waals surface area contributed by atoms with Crippen molar-refractivity contribution in [2.24, 2.45) is 0 Å². The Hall–Kier alpha value is -3.47. The van der Waals surface area contributed by atoms with Crippen LogP contribution in [0.3, 0.4) is 0 Å². The van der Waals surface area contributed by atoms with Gasteiger partial charge in [0.15, 0.2) is 10.8 Å². The summed E-state index contributed by atoms with van der Waals surface area (Å²) in [5, 5.41) is 21.1. The number of carbonyl (C=O) groups is 1. The maximum absolute atomic E-state index is 12.3. The quantitative estimate of drug-likeness (QED) is 0.433. The van der Waals surface area contributed by atoms with Crippen LogP contribution in [0.5, 0.6) is 5.75 Å². The van der Waals surface area contributed by atoms with E-state index in [1.165, 1.54) is 4.68 Å². The van der Waals surface area contributed by atoms with Crippen LogP contribution >= 0.6 is 11.6 Å². The number of amides is 1. The topological polar surface area (TPSA) is 138 Å². The lowest BCUT2D eigenvalue weighted by Crippen LogP contribution is -2.23. The van der Waals surface area contributed by atoms with Gasteiger partial charge in [-0.15, -0.1) is 0 Å². The zero-order chi connectivity index (χ0) is 21.0. The first-order valence-electron chi connectivity index (χ1n) is 8.59. The highest BCUT2D eigenvalue weighted by Crippen LogP contribution is 2.26. The Morgan fingerprint density at radius 3 is 2.86 bits per heavy atom. The minimum Gasteiger partial charge on any atom is -0.494 e. The van der Waals surface area contributed by atoms with Crippen molar-refractivity contribution < 1.29 is 19.0 Å². The summed E-state index contributed by atoms with van der Waals surface area (Å²) in [5.74, 6) is -0.453. The third kappa shape index (κ3) is 4.51. The average Bonchev–Trinajstić information content (AvgIpc) is 3.28. The Balaban J connectivity index is 1.67. The van der Waals surface area contributed by atoms with Crippen LogP contribution in [-0.2, 0) is 13.1 Å². The Bertz CT molecular complexity index is 1050. The molecule has 0 aliphatic rings. The third-order valence-electron chi connectivity index (χ3n) is 3.95. The van der Waals surface area contributed by atoms with Crippen LogP contribution in [-0.4, -0.2) is 37.4 Å². The molecule has 1 amide bonds. The number of halogens is 1. The molecule has 2 heterocycles. The predicted octanol–water partition coefficient (Wildman–Crippen LogP) is 2.51. The fraction of sp³-hybridized carbons (Fsp3) is 0.294. The molecule has 152 valence electrons. The Morgan fingerprint density at radius 2 is 2.17 bits per heavy atom. The molecule has 1 N–H and O–H groups in total. The molecule has 0 spiro atoms. The largest absolute Gasteiger partial charge is 0.494 e. The number of hydrogen-bond donors (Lipinski definition) is 1. The van der Waals surface area contributed by atoms with E-state index in [1.807, 2.05) is 31.2 Å². The van der Waals surface area contributed by atoms with Gasteiger partial charge in [0.1, 0.15) is 12.3 Å². The van der Waals surface area contributed by atoms with Crippen molar-refractivity contribution in [2.45, 2.75) is 26.9 Å². The number of nitro groups is 1. The summed E-state index contributed by atoms with van der Waals surface area (Å²) in [6.45, 7) is 4.13. The zero-order valence-electron chi connectivity index (χ0n) is 15.6. The number of aromatic nitrogens is 4. The molecule has 0 bridgehead atoms. The van der Waals surface area contributed by atoms with Gasteiger partial charge in [0.25, 0.3) is 0 Å². The van der Waals surface area contributed by atoms with Crippen LogP contribution in [0.15, 0.2) is 28.8 Å². The first-order valence-corrected chi connectivity index (χ1v) is 8.97. The first kappa shape index (κ1) is 20.3. The van der Waals surface area contributed by atoms with Crippen LogP contribution in [0.1, 0.15) is 34.7 Å². The van der Waals surface area contributed by atoms with Crippen LogP contribution < -0.4 is 10.1 Å². The van der Waals surface area contributed by atoms with Crippen LogP contribution in [0.25, 0.3) is 0 Å². The Morgan fingerprint density at radius 1 is 1.41 bits per heavy atom. The number of para-hydroxylation sites is 1. The second-order valence-electron chi connectivity index (χ2n) is 5.88. The molecule has 3 rings (SSSR count). The monoisotopic (exact) mass is 420 g/mol. The second-order valence-corrected chi connectivity index (χ2v) is 6.25. The average molecular weight is 421 g/mol. The summed E-state index contributed by atoms with van der Waals surface area (Å²) >= 11 is 5.90. The van der Waals surface area contributed by atoms with Gasteiger partial charge >= 0.3 is 17.6 Å². The molecule has 12 heteroatoms. The summed E-state index contributed by atoms with van der Waals surface area (Å²) in [4.78, 5) is 26.5. The summed E-state index contributed by atoms with van der Waals surface area (Å²) in [6.07, 6.45) is 0. The van der Waals surface area contributed by atoms with Crippen molar-refractivity contribution in [3.05, 3.63) is 62.4 Å². The third-order valence-corrected chi connectivity index (χ3v) is 4.40. The van der Waals surface area contributed by atoms with E-state index in [2.05, 4.69) is 20.6 Å². The van der Waals surface area contributed by atoms with Crippen molar-refractivity contribution in [2.75, 3.05) is 6.61 Å². The van der Waals surface area contributed by atoms with Crippen molar-refractivity contribution >= 4 is 23.3 Å². The molecule has 1 aromatic carbocycles. The van der Waals surface area contributed by atoms with Gasteiger partial charge < -0.3 is 24.7 Å². The first-order chi connectivity index (χ1) is 13.9. The van der Waals surface area contributed by atoms with Crippen molar-refractivity contribution in [1.29, 1.82) is 0 Å². The molecule has 0 saturated heterocycles. The number of rotatable bonds is 8. The summed E-state index contributed by atoms with van der Waals surface area (Å²) in [5.41, 5.74) is 1.18. The molecule has 0 aliphatic carbocycles. The molecule has 0 fully saturated rings. The molecule has 0 atom stereocenters. The van der Waals surface area contributed by atoms with Crippen LogP contribution in [0, 0.1) is 17.0 Å². The van der Waals surface area contributed by atoms with Crippen LogP contribution in [0.2, 0.25) is 5.02 Å². The minimum atomic E-state index is -0.680. The Labute approximate surface area is 169 Å². The van der Waals surface area contributed by atoms with E-state index in [0.29, 0.717) is 18.1 Å². The normalized spacial score (nSPS) is 10.7. The fourth-order valence-electron chi connectivity index (χ4n) is 2.52. The number of hydrogen-bond acceptors (Lipinski definition) is 8. The summed E-state index contributed by atoms with van der Waals surface area (Å²) < 4.78 is 11.8. The maximum Gasteiger partial charge on any atom is 0.408 e. The number of nitrogens with one attached hydrogen (secondary N) is 1. The summed E-state index contributed by atoms with van der Waals surface area (Å²) in [6, 6.07) is 7.33. The lowest BCUT2D eigenvalue weighted by atomic mass is 10.2. The van der Waals surface area contributed by atoms with E-state index in [0.717, 1.165) is 5.56 Å². The van der Waals surface area contributed by atoms with Gasteiger partial charge in [0.05, 0.1) is 17.4 Å². The molecule has 0 aliphatic heterocycles. The van der Waals surface area contributed by atoms with Crippen LogP contribution in [0.4, 0.5) is 5.82 Å². The van der Waals surface area contributed by atoms with E-state index in [9.17, 15) is 14.9 Å². The summed E-state index contributed by atoms with van der Waals surface area (Å²) in [7, 11) is 0. The molecular formula is C17H17ClN6O5. The number of carbonyl (C=O) groups excluding carboxylic acids is 1. The molecule has 0 saturated carbocycles. The van der Waals surface area contributed by atoms with E-state index >= 15 is 0 Å². The molecule has 2 aromatic heterocycles. The van der Waals surface area contributed by atoms with Crippen molar-refractivity contribution in [1.82, 2.24) is 25.2 Å². The van der Waals surface area contributed by atoms with Crippen molar-refractivity contribution in [3.8, 4) is 5.75 Å². The van der Waals surface area contributed by atoms with E-state index < -0.39 is 16.6 Å². The molecule has 0 radical (unpaired) electrons. The fourth-order valence-corrected chi connectivity index (χ4v) is 2.72. The molecule has 0 unspecified atom stereocenters. The lowest BCUT2D eigenvalue weighted by Gasteiger charge is -2.09. The second kappa shape index (κ2) is 8.69. The van der Waals surface area contributed by atoms with Gasteiger partial charge in [-0.3, -0.25) is 4.79 Å². The highest BCUT2D eigenvalue weighted by atomic mass is 35.5. The number of ether oxygens (including phenoxy) is 1. The standard InChI is InChI=1S/C17H17ClN6O5/c1-3-28-12-7-5-4-6-11(12)8-19-16(25)17-20-13(22-29-17)9-23-10(2)14(18)15(21-23)24(26)27/h4-7H,3,8-9H2,1-2H3,(H,19,25). The molecular weight excluding hydrogens is 404 g/mol.